The second kappa shape index (κ2) is 7.68. The van der Waals surface area contributed by atoms with Crippen molar-refractivity contribution >= 4 is 11.6 Å². The maximum Gasteiger partial charge on any atom is 0.160 e. The largest absolute Gasteiger partial charge is 0.392 e. The van der Waals surface area contributed by atoms with E-state index in [9.17, 15) is 5.11 Å². The van der Waals surface area contributed by atoms with E-state index in [1.807, 2.05) is 0 Å². The minimum Gasteiger partial charge on any atom is -0.392 e. The van der Waals surface area contributed by atoms with E-state index in [2.05, 4.69) is 4.98 Å². The summed E-state index contributed by atoms with van der Waals surface area (Å²) in [5.41, 5.74) is 0.171. The lowest BCUT2D eigenvalue weighted by Crippen LogP contribution is -2.28. The first-order valence-corrected chi connectivity index (χ1v) is 7.60. The summed E-state index contributed by atoms with van der Waals surface area (Å²) in [6.07, 6.45) is -3.92. The molecule has 7 heteroatoms. The van der Waals surface area contributed by atoms with Crippen LogP contribution in [0.5, 0.6) is 0 Å². The van der Waals surface area contributed by atoms with Crippen LogP contribution >= 0.6 is 11.6 Å². The molecule has 0 spiro atoms. The fraction of sp³-hybridized carbons (Fsp3) is 0.667. The van der Waals surface area contributed by atoms with Gasteiger partial charge in [-0.25, -0.2) is 4.98 Å². The highest BCUT2D eigenvalue weighted by Crippen LogP contribution is 2.30. The maximum atomic E-state index is 10.8. The number of aromatic nitrogens is 1. The third-order valence-electron chi connectivity index (χ3n) is 3.49. The molecular formula is C15H20ClNO5. The molecule has 22 heavy (non-hydrogen) atoms. The van der Waals surface area contributed by atoms with Crippen molar-refractivity contribution in [2.75, 3.05) is 26.4 Å². The number of rotatable bonds is 6. The van der Waals surface area contributed by atoms with Gasteiger partial charge in [-0.1, -0.05) is 17.7 Å². The summed E-state index contributed by atoms with van der Waals surface area (Å²) in [6.45, 7) is 1.62. The van der Waals surface area contributed by atoms with Crippen LogP contribution in [0.3, 0.4) is 0 Å². The molecule has 2 atom stereocenters. The molecule has 2 fully saturated rings. The molecule has 3 rings (SSSR count). The van der Waals surface area contributed by atoms with Crippen LogP contribution in [0.2, 0.25) is 5.15 Å². The zero-order valence-corrected chi connectivity index (χ0v) is 12.8. The standard InChI is InChI=1S/C15H20ClNO5/c16-13-3-1-2-11(17-13)10(8-14-19-4-5-20-14)12(18)9-15-21-6-7-22-15/h1-3,10,12,14-15,18H,4-9H2/t10-,12+/m1/s1/i10D,12D. The number of pyridine rings is 1. The SMILES string of the molecule is [2H][C@](O)(CC1OCCO1)[C@]([2H])(CC1OCCO1)c1cccc(Cl)n1. The van der Waals surface area contributed by atoms with Gasteiger partial charge in [0.05, 0.1) is 33.9 Å². The molecule has 122 valence electrons. The molecule has 2 saturated heterocycles. The molecule has 0 amide bonds. The smallest absolute Gasteiger partial charge is 0.160 e. The maximum absolute atomic E-state index is 10.8. The third-order valence-corrected chi connectivity index (χ3v) is 3.70. The average molecular weight is 332 g/mol. The summed E-state index contributed by atoms with van der Waals surface area (Å²) in [5, 5.41) is 11.0. The molecule has 0 aromatic carbocycles. The second-order valence-electron chi connectivity index (χ2n) is 5.02. The van der Waals surface area contributed by atoms with Crippen LogP contribution < -0.4 is 0 Å². The van der Waals surface area contributed by atoms with E-state index in [1.165, 1.54) is 0 Å². The predicted molar refractivity (Wildman–Crippen MR) is 78.6 cm³/mol. The van der Waals surface area contributed by atoms with E-state index in [1.54, 1.807) is 18.2 Å². The van der Waals surface area contributed by atoms with Crippen molar-refractivity contribution in [2.24, 2.45) is 0 Å². The molecule has 6 nitrogen and oxygen atoms in total. The molecule has 0 radical (unpaired) electrons. The summed E-state index contributed by atoms with van der Waals surface area (Å²) in [6, 6.07) is 4.76. The van der Waals surface area contributed by atoms with Gasteiger partial charge in [0.1, 0.15) is 5.15 Å². The summed E-state index contributed by atoms with van der Waals surface area (Å²) >= 11 is 5.94. The zero-order valence-electron chi connectivity index (χ0n) is 14.0. The normalized spacial score (nSPS) is 27.2. The van der Waals surface area contributed by atoms with Crippen molar-refractivity contribution in [1.82, 2.24) is 4.98 Å². The van der Waals surface area contributed by atoms with Crippen molar-refractivity contribution in [3.05, 3.63) is 29.0 Å². The Hall–Kier alpha value is -0.760. The van der Waals surface area contributed by atoms with Gasteiger partial charge in [0, 0.05) is 25.8 Å². The number of halogens is 1. The van der Waals surface area contributed by atoms with Crippen molar-refractivity contribution in [1.29, 1.82) is 0 Å². The summed E-state index contributed by atoms with van der Waals surface area (Å²) in [5.74, 6) is -1.83. The van der Waals surface area contributed by atoms with Crippen molar-refractivity contribution < 1.29 is 26.8 Å². The number of ether oxygens (including phenoxy) is 4. The van der Waals surface area contributed by atoms with E-state index in [4.69, 9.17) is 33.3 Å². The molecule has 2 aliphatic heterocycles. The number of nitrogens with zero attached hydrogens (tertiary/aromatic N) is 1. The molecule has 2 aliphatic rings. The lowest BCUT2D eigenvalue weighted by Gasteiger charge is -2.26. The predicted octanol–water partition coefficient (Wildman–Crippen LogP) is 1.71. The van der Waals surface area contributed by atoms with Crippen molar-refractivity contribution in [3.8, 4) is 0 Å². The first kappa shape index (κ1) is 13.7. The fourth-order valence-corrected chi connectivity index (χ4v) is 2.61. The molecule has 0 saturated carbocycles. The van der Waals surface area contributed by atoms with Crippen LogP contribution in [0.15, 0.2) is 18.2 Å². The summed E-state index contributed by atoms with van der Waals surface area (Å²) in [4.78, 5) is 4.13. The molecule has 0 unspecified atom stereocenters. The average Bonchev–Trinajstić information content (AvgIpc) is 3.20. The van der Waals surface area contributed by atoms with Crippen LogP contribution in [0.25, 0.3) is 0 Å². The van der Waals surface area contributed by atoms with Gasteiger partial charge in [0.15, 0.2) is 12.6 Å². The second-order valence-corrected chi connectivity index (χ2v) is 5.41. The number of hydrogen-bond donors (Lipinski definition) is 1. The lowest BCUT2D eigenvalue weighted by atomic mass is 9.91. The molecule has 0 bridgehead atoms. The van der Waals surface area contributed by atoms with E-state index >= 15 is 0 Å². The minimum absolute atomic E-state index is 0.0624. The number of hydrogen-bond acceptors (Lipinski definition) is 6. The van der Waals surface area contributed by atoms with E-state index in [0.717, 1.165) is 0 Å². The van der Waals surface area contributed by atoms with Gasteiger partial charge in [0.2, 0.25) is 0 Å². The lowest BCUT2D eigenvalue weighted by molar-refractivity contribution is -0.0885. The Kier molecular flexibility index (Phi) is 4.77. The van der Waals surface area contributed by atoms with Gasteiger partial charge < -0.3 is 24.1 Å². The highest BCUT2D eigenvalue weighted by Gasteiger charge is 2.32. The Balaban J connectivity index is 1.90. The third kappa shape index (κ3) is 4.16. The van der Waals surface area contributed by atoms with Gasteiger partial charge in [-0.15, -0.1) is 0 Å². The molecule has 1 aromatic heterocycles. The zero-order chi connectivity index (χ0) is 17.2. The Bertz CT molecular complexity index is 567. The quantitative estimate of drug-likeness (QED) is 0.800. The van der Waals surface area contributed by atoms with Crippen LogP contribution in [0.1, 0.15) is 27.2 Å². The monoisotopic (exact) mass is 331 g/mol. The first-order chi connectivity index (χ1) is 11.4. The Morgan fingerprint density at radius 2 is 1.73 bits per heavy atom. The van der Waals surface area contributed by atoms with Crippen molar-refractivity contribution in [2.45, 2.75) is 37.4 Å². The van der Waals surface area contributed by atoms with Crippen LogP contribution in [-0.2, 0) is 18.9 Å². The molecule has 3 heterocycles. The summed E-state index contributed by atoms with van der Waals surface area (Å²) in [7, 11) is 0. The highest BCUT2D eigenvalue weighted by atomic mass is 35.5. The van der Waals surface area contributed by atoms with Gasteiger partial charge in [-0.2, -0.15) is 0 Å². The van der Waals surface area contributed by atoms with Gasteiger partial charge in [-0.3, -0.25) is 0 Å². The van der Waals surface area contributed by atoms with Gasteiger partial charge in [0.25, 0.3) is 0 Å². The Morgan fingerprint density at radius 1 is 1.14 bits per heavy atom. The number of aliphatic hydroxyl groups is 1. The van der Waals surface area contributed by atoms with Crippen LogP contribution in [0, 0.1) is 0 Å². The molecular weight excluding hydrogens is 310 g/mol. The summed E-state index contributed by atoms with van der Waals surface area (Å²) < 4.78 is 38.7. The van der Waals surface area contributed by atoms with Gasteiger partial charge >= 0.3 is 0 Å². The Morgan fingerprint density at radius 3 is 2.32 bits per heavy atom. The van der Waals surface area contributed by atoms with E-state index < -0.39 is 24.6 Å². The molecule has 0 aliphatic carbocycles. The first-order valence-electron chi connectivity index (χ1n) is 8.22. The van der Waals surface area contributed by atoms with Crippen LogP contribution in [0.4, 0.5) is 0 Å². The molecule has 1 aromatic rings. The van der Waals surface area contributed by atoms with Crippen molar-refractivity contribution in [3.63, 3.8) is 0 Å². The topological polar surface area (TPSA) is 70.0 Å². The molecule has 1 N–H and O–H groups in total. The van der Waals surface area contributed by atoms with E-state index in [-0.39, 0.29) is 23.7 Å². The highest BCUT2D eigenvalue weighted by molar-refractivity contribution is 6.29. The minimum atomic E-state index is -2.24. The van der Waals surface area contributed by atoms with Gasteiger partial charge in [-0.05, 0) is 12.1 Å². The Labute approximate surface area is 137 Å². The fourth-order valence-electron chi connectivity index (χ4n) is 2.44. The van der Waals surface area contributed by atoms with Crippen LogP contribution in [-0.4, -0.2) is 55.2 Å². The van der Waals surface area contributed by atoms with E-state index in [0.29, 0.717) is 26.4 Å².